The summed E-state index contributed by atoms with van der Waals surface area (Å²) in [5, 5.41) is 9.25. The molecule has 0 saturated heterocycles. The molecule has 0 atom stereocenters. The maximum absolute atomic E-state index is 13.3. The predicted molar refractivity (Wildman–Crippen MR) is 129 cm³/mol. The molecule has 35 heavy (non-hydrogen) atoms. The van der Waals surface area contributed by atoms with Crippen LogP contribution in [-0.2, 0) is 32.1 Å². The molecule has 1 aromatic heterocycles. The van der Waals surface area contributed by atoms with E-state index in [0.717, 1.165) is 29.7 Å². The Morgan fingerprint density at radius 3 is 2.40 bits per heavy atom. The summed E-state index contributed by atoms with van der Waals surface area (Å²) in [6, 6.07) is 11.4. The highest BCUT2D eigenvalue weighted by Crippen LogP contribution is 2.36. The monoisotopic (exact) mass is 524 g/mol. The van der Waals surface area contributed by atoms with Crippen LogP contribution in [0.1, 0.15) is 39.2 Å². The number of hydrogen-bond donors (Lipinski definition) is 1. The Balaban J connectivity index is 1.66. The molecule has 184 valence electrons. The third-order valence-corrected chi connectivity index (χ3v) is 6.70. The number of aromatic carboxylic acids is 1. The highest BCUT2D eigenvalue weighted by Gasteiger charge is 2.32. The van der Waals surface area contributed by atoms with Gasteiger partial charge in [0.1, 0.15) is 5.02 Å². The van der Waals surface area contributed by atoms with E-state index in [-0.39, 0.29) is 28.7 Å². The zero-order chi connectivity index (χ0) is 25.3. The molecule has 0 radical (unpaired) electrons. The molecular formula is C25H21Cl2F3N2O3. The molecular weight excluding hydrogens is 504 g/mol. The molecule has 1 N–H and O–H groups in total. The van der Waals surface area contributed by atoms with E-state index >= 15 is 0 Å². The maximum Gasteiger partial charge on any atom is 0.416 e. The van der Waals surface area contributed by atoms with Crippen molar-refractivity contribution in [2.24, 2.45) is 0 Å². The van der Waals surface area contributed by atoms with Gasteiger partial charge < -0.3 is 14.6 Å². The summed E-state index contributed by atoms with van der Waals surface area (Å²) in [6.45, 7) is 0.861. The molecule has 3 aromatic rings. The van der Waals surface area contributed by atoms with Crippen molar-refractivity contribution in [1.82, 2.24) is 4.57 Å². The summed E-state index contributed by atoms with van der Waals surface area (Å²) in [5.74, 6) is -1.04. The SMILES string of the molecule is O=C(O)c1ccc(CCn2c(CN3CCCc4ccc(C(F)(F)F)cc43)c(Cl)cc(Cl)c2=O)cc1. The summed E-state index contributed by atoms with van der Waals surface area (Å²) in [6.07, 6.45) is -2.65. The third-order valence-electron chi connectivity index (χ3n) is 6.10. The van der Waals surface area contributed by atoms with Crippen LogP contribution < -0.4 is 10.5 Å². The second kappa shape index (κ2) is 9.95. The predicted octanol–water partition coefficient (Wildman–Crippen LogP) is 6.07. The van der Waals surface area contributed by atoms with Crippen molar-refractivity contribution in [1.29, 1.82) is 0 Å². The highest BCUT2D eigenvalue weighted by molar-refractivity contribution is 6.34. The smallest absolute Gasteiger partial charge is 0.416 e. The number of hydrogen-bond acceptors (Lipinski definition) is 3. The average Bonchev–Trinajstić information content (AvgIpc) is 2.81. The van der Waals surface area contributed by atoms with Gasteiger partial charge in [-0.1, -0.05) is 41.4 Å². The Labute approximate surface area is 209 Å². The number of aryl methyl sites for hydroxylation is 2. The van der Waals surface area contributed by atoms with E-state index in [0.29, 0.717) is 30.8 Å². The molecule has 0 aliphatic carbocycles. The van der Waals surface area contributed by atoms with E-state index in [1.54, 1.807) is 17.0 Å². The van der Waals surface area contributed by atoms with Crippen LogP contribution in [-0.4, -0.2) is 22.2 Å². The van der Waals surface area contributed by atoms with Gasteiger partial charge in [-0.2, -0.15) is 13.2 Å². The van der Waals surface area contributed by atoms with Crippen LogP contribution in [0.2, 0.25) is 10.0 Å². The molecule has 0 saturated carbocycles. The normalized spacial score (nSPS) is 13.6. The minimum Gasteiger partial charge on any atom is -0.478 e. The molecule has 0 bridgehead atoms. The first-order chi connectivity index (χ1) is 16.5. The van der Waals surface area contributed by atoms with Gasteiger partial charge in [0.25, 0.3) is 5.56 Å². The number of carboxylic acid groups (broad SMARTS) is 1. The van der Waals surface area contributed by atoms with Gasteiger partial charge in [0, 0.05) is 18.8 Å². The van der Waals surface area contributed by atoms with Crippen LogP contribution in [0, 0.1) is 0 Å². The third kappa shape index (κ3) is 5.49. The summed E-state index contributed by atoms with van der Waals surface area (Å²) in [7, 11) is 0. The van der Waals surface area contributed by atoms with Crippen LogP contribution in [0.4, 0.5) is 18.9 Å². The van der Waals surface area contributed by atoms with Gasteiger partial charge in [-0.15, -0.1) is 0 Å². The Morgan fingerprint density at radius 1 is 1.03 bits per heavy atom. The molecule has 0 amide bonds. The number of rotatable bonds is 6. The topological polar surface area (TPSA) is 62.5 Å². The lowest BCUT2D eigenvalue weighted by molar-refractivity contribution is -0.137. The molecule has 1 aliphatic rings. The number of pyridine rings is 1. The first-order valence-electron chi connectivity index (χ1n) is 10.9. The van der Waals surface area contributed by atoms with E-state index in [4.69, 9.17) is 28.3 Å². The Hall–Kier alpha value is -2.97. The summed E-state index contributed by atoms with van der Waals surface area (Å²) in [5.41, 5.74) is 1.51. The van der Waals surface area contributed by atoms with Crippen molar-refractivity contribution in [3.63, 3.8) is 0 Å². The molecule has 2 heterocycles. The minimum atomic E-state index is -4.46. The lowest BCUT2D eigenvalue weighted by atomic mass is 9.99. The first kappa shape index (κ1) is 25.1. The average molecular weight is 525 g/mol. The number of carbonyl (C=O) groups is 1. The van der Waals surface area contributed by atoms with Crippen LogP contribution in [0.25, 0.3) is 0 Å². The number of anilines is 1. The summed E-state index contributed by atoms with van der Waals surface area (Å²) in [4.78, 5) is 25.8. The summed E-state index contributed by atoms with van der Waals surface area (Å²) >= 11 is 12.6. The molecule has 10 heteroatoms. The van der Waals surface area contributed by atoms with Gasteiger partial charge in [-0.25, -0.2) is 4.79 Å². The Kier molecular flexibility index (Phi) is 7.15. The fraction of sp³-hybridized carbons (Fsp3) is 0.280. The van der Waals surface area contributed by atoms with Gasteiger partial charge in [0.15, 0.2) is 0 Å². The number of benzene rings is 2. The van der Waals surface area contributed by atoms with Crippen molar-refractivity contribution in [3.05, 3.63) is 96.9 Å². The maximum atomic E-state index is 13.3. The second-order valence-corrected chi connectivity index (χ2v) is 9.18. The van der Waals surface area contributed by atoms with Crippen LogP contribution in [0.5, 0.6) is 0 Å². The summed E-state index contributed by atoms with van der Waals surface area (Å²) < 4.78 is 41.4. The van der Waals surface area contributed by atoms with Crippen LogP contribution >= 0.6 is 23.2 Å². The molecule has 0 unspecified atom stereocenters. The fourth-order valence-corrected chi connectivity index (χ4v) is 4.80. The van der Waals surface area contributed by atoms with Crippen LogP contribution in [0.15, 0.2) is 53.3 Å². The number of aromatic nitrogens is 1. The van der Waals surface area contributed by atoms with Crippen molar-refractivity contribution in [2.45, 2.75) is 38.5 Å². The van der Waals surface area contributed by atoms with Crippen molar-refractivity contribution >= 4 is 34.9 Å². The first-order valence-corrected chi connectivity index (χ1v) is 11.6. The van der Waals surface area contributed by atoms with Crippen LogP contribution in [0.3, 0.4) is 0 Å². The van der Waals surface area contributed by atoms with Crippen molar-refractivity contribution in [3.8, 4) is 0 Å². The fourth-order valence-electron chi connectivity index (χ4n) is 4.26. The molecule has 0 spiro atoms. The van der Waals surface area contributed by atoms with Gasteiger partial charge in [-0.3, -0.25) is 4.79 Å². The lowest BCUT2D eigenvalue weighted by Gasteiger charge is -2.33. The van der Waals surface area contributed by atoms with E-state index in [1.165, 1.54) is 28.8 Å². The second-order valence-electron chi connectivity index (χ2n) is 8.36. The molecule has 4 rings (SSSR count). The minimum absolute atomic E-state index is 0.0571. The molecule has 2 aromatic carbocycles. The highest BCUT2D eigenvalue weighted by atomic mass is 35.5. The van der Waals surface area contributed by atoms with E-state index in [9.17, 15) is 22.8 Å². The number of nitrogens with zero attached hydrogens (tertiary/aromatic N) is 2. The van der Waals surface area contributed by atoms with Crippen molar-refractivity contribution in [2.75, 3.05) is 11.4 Å². The standard InChI is InChI=1S/C25H21Cl2F3N2O3/c26-19-13-20(27)23(33)32(11-9-15-3-5-17(6-4-15)24(34)35)22(19)14-31-10-1-2-16-7-8-18(12-21(16)31)25(28,29)30/h3-8,12-13H,1-2,9-11,14H2,(H,34,35). The largest absolute Gasteiger partial charge is 0.478 e. The van der Waals surface area contributed by atoms with Crippen molar-refractivity contribution < 1.29 is 23.1 Å². The Bertz CT molecular complexity index is 1320. The van der Waals surface area contributed by atoms with Gasteiger partial charge in [0.05, 0.1) is 28.4 Å². The molecule has 5 nitrogen and oxygen atoms in total. The quantitative estimate of drug-likeness (QED) is 0.425. The zero-order valence-electron chi connectivity index (χ0n) is 18.4. The van der Waals surface area contributed by atoms with E-state index in [1.807, 2.05) is 0 Å². The van der Waals surface area contributed by atoms with E-state index < -0.39 is 23.3 Å². The molecule has 1 aliphatic heterocycles. The lowest BCUT2D eigenvalue weighted by Crippen LogP contribution is -2.34. The van der Waals surface area contributed by atoms with Gasteiger partial charge >= 0.3 is 12.1 Å². The zero-order valence-corrected chi connectivity index (χ0v) is 19.9. The number of halogens is 5. The van der Waals surface area contributed by atoms with E-state index in [2.05, 4.69) is 0 Å². The number of alkyl halides is 3. The number of carboxylic acids is 1. The van der Waals surface area contributed by atoms with Gasteiger partial charge in [-0.05, 0) is 60.7 Å². The number of fused-ring (bicyclic) bond motifs is 1. The van der Waals surface area contributed by atoms with Gasteiger partial charge in [0.2, 0.25) is 0 Å². The molecule has 0 fully saturated rings. The Morgan fingerprint density at radius 2 is 1.74 bits per heavy atom.